The van der Waals surface area contributed by atoms with Crippen LogP contribution in [-0.2, 0) is 0 Å². The number of rotatable bonds is 2. The molecule has 0 aliphatic rings. The van der Waals surface area contributed by atoms with E-state index in [0.717, 1.165) is 10.3 Å². The average Bonchev–Trinajstić information content (AvgIpc) is 2.04. The minimum atomic E-state index is 0.641. The van der Waals surface area contributed by atoms with Gasteiger partial charge in [0.05, 0.1) is 5.69 Å². The van der Waals surface area contributed by atoms with Crippen LogP contribution in [0.3, 0.4) is 0 Å². The second-order valence-corrected chi connectivity index (χ2v) is 2.77. The molecule has 4 heteroatoms. The SMILES string of the molecule is CNc1ccc(Br)nc1C=N. The minimum absolute atomic E-state index is 0.641. The number of nitrogens with zero attached hydrogens (tertiary/aromatic N) is 1. The predicted octanol–water partition coefficient (Wildman–Crippen LogP) is 1.88. The number of anilines is 1. The van der Waals surface area contributed by atoms with Gasteiger partial charge in [0.25, 0.3) is 0 Å². The normalized spacial score (nSPS) is 9.27. The van der Waals surface area contributed by atoms with Gasteiger partial charge in [0.15, 0.2) is 0 Å². The van der Waals surface area contributed by atoms with E-state index in [1.807, 2.05) is 12.1 Å². The summed E-state index contributed by atoms with van der Waals surface area (Å²) < 4.78 is 0.745. The average molecular weight is 214 g/mol. The summed E-state index contributed by atoms with van der Waals surface area (Å²) in [6.07, 6.45) is 1.22. The molecule has 0 spiro atoms. The van der Waals surface area contributed by atoms with Crippen molar-refractivity contribution < 1.29 is 0 Å². The van der Waals surface area contributed by atoms with Crippen molar-refractivity contribution in [2.24, 2.45) is 0 Å². The predicted molar refractivity (Wildman–Crippen MR) is 49.4 cm³/mol. The van der Waals surface area contributed by atoms with Crippen LogP contribution in [0.25, 0.3) is 0 Å². The van der Waals surface area contributed by atoms with Gasteiger partial charge in [-0.15, -0.1) is 0 Å². The van der Waals surface area contributed by atoms with Crippen LogP contribution in [0.4, 0.5) is 5.69 Å². The highest BCUT2D eigenvalue weighted by atomic mass is 79.9. The fourth-order valence-electron chi connectivity index (χ4n) is 0.771. The van der Waals surface area contributed by atoms with Gasteiger partial charge in [0.2, 0.25) is 0 Å². The van der Waals surface area contributed by atoms with E-state index in [1.165, 1.54) is 6.21 Å². The van der Waals surface area contributed by atoms with Crippen LogP contribution in [0.1, 0.15) is 5.69 Å². The van der Waals surface area contributed by atoms with Crippen LogP contribution in [0, 0.1) is 5.41 Å². The van der Waals surface area contributed by atoms with Crippen molar-refractivity contribution in [1.29, 1.82) is 5.41 Å². The van der Waals surface area contributed by atoms with Crippen molar-refractivity contribution in [2.45, 2.75) is 0 Å². The fraction of sp³-hybridized carbons (Fsp3) is 0.143. The van der Waals surface area contributed by atoms with E-state index in [-0.39, 0.29) is 0 Å². The molecule has 0 aliphatic carbocycles. The van der Waals surface area contributed by atoms with Gasteiger partial charge < -0.3 is 10.7 Å². The molecule has 0 saturated carbocycles. The number of hydrogen-bond donors (Lipinski definition) is 2. The third-order valence-corrected chi connectivity index (χ3v) is 1.74. The maximum atomic E-state index is 7.04. The largest absolute Gasteiger partial charge is 0.386 e. The second kappa shape index (κ2) is 3.48. The van der Waals surface area contributed by atoms with Gasteiger partial charge in [-0.2, -0.15) is 0 Å². The van der Waals surface area contributed by atoms with E-state index >= 15 is 0 Å². The Bertz CT molecular complexity index is 272. The first-order chi connectivity index (χ1) is 5.27. The standard InChI is InChI=1S/C7H8BrN3/c1-10-5-2-3-7(8)11-6(5)4-9/h2-4,9-10H,1H3. The van der Waals surface area contributed by atoms with Gasteiger partial charge in [0, 0.05) is 13.3 Å². The molecule has 3 nitrogen and oxygen atoms in total. The van der Waals surface area contributed by atoms with E-state index in [0.29, 0.717) is 5.69 Å². The zero-order chi connectivity index (χ0) is 8.27. The fourth-order valence-corrected chi connectivity index (χ4v) is 1.09. The molecular formula is C7H8BrN3. The number of hydrogen-bond acceptors (Lipinski definition) is 3. The highest BCUT2D eigenvalue weighted by Crippen LogP contribution is 2.14. The van der Waals surface area contributed by atoms with Crippen LogP contribution in [0.2, 0.25) is 0 Å². The van der Waals surface area contributed by atoms with Crippen molar-refractivity contribution in [3.8, 4) is 0 Å². The Balaban J connectivity index is 3.16. The van der Waals surface area contributed by atoms with E-state index in [2.05, 4.69) is 26.2 Å². The van der Waals surface area contributed by atoms with Crippen molar-refractivity contribution >= 4 is 27.8 Å². The maximum Gasteiger partial charge on any atom is 0.107 e. The first-order valence-corrected chi connectivity index (χ1v) is 3.92. The summed E-state index contributed by atoms with van der Waals surface area (Å²) >= 11 is 3.22. The number of pyridine rings is 1. The molecule has 0 aliphatic heterocycles. The molecule has 0 bridgehead atoms. The lowest BCUT2D eigenvalue weighted by Crippen LogP contribution is -1.96. The third-order valence-electron chi connectivity index (χ3n) is 1.30. The van der Waals surface area contributed by atoms with Crippen LogP contribution < -0.4 is 5.32 Å². The number of halogens is 1. The second-order valence-electron chi connectivity index (χ2n) is 1.96. The molecule has 1 heterocycles. The summed E-state index contributed by atoms with van der Waals surface area (Å²) in [5.41, 5.74) is 1.50. The lowest BCUT2D eigenvalue weighted by molar-refractivity contribution is 1.24. The molecule has 0 saturated heterocycles. The quantitative estimate of drug-likeness (QED) is 0.583. The molecule has 1 aromatic heterocycles. The highest BCUT2D eigenvalue weighted by molar-refractivity contribution is 9.10. The van der Waals surface area contributed by atoms with Crippen LogP contribution in [-0.4, -0.2) is 18.2 Å². The molecule has 0 fully saturated rings. The zero-order valence-corrected chi connectivity index (χ0v) is 7.64. The monoisotopic (exact) mass is 213 g/mol. The van der Waals surface area contributed by atoms with E-state index in [9.17, 15) is 0 Å². The van der Waals surface area contributed by atoms with Gasteiger partial charge in [-0.3, -0.25) is 0 Å². The molecule has 0 radical (unpaired) electrons. The lowest BCUT2D eigenvalue weighted by atomic mass is 10.3. The van der Waals surface area contributed by atoms with E-state index in [1.54, 1.807) is 7.05 Å². The molecule has 0 amide bonds. The molecule has 2 N–H and O–H groups in total. The molecular weight excluding hydrogens is 206 g/mol. The summed E-state index contributed by atoms with van der Waals surface area (Å²) in [6, 6.07) is 3.70. The Kier molecular flexibility index (Phi) is 2.59. The van der Waals surface area contributed by atoms with Gasteiger partial charge in [-0.05, 0) is 28.1 Å². The Morgan fingerprint density at radius 2 is 2.36 bits per heavy atom. The van der Waals surface area contributed by atoms with Crippen molar-refractivity contribution in [1.82, 2.24) is 4.98 Å². The molecule has 0 unspecified atom stereocenters. The molecule has 0 atom stereocenters. The minimum Gasteiger partial charge on any atom is -0.386 e. The van der Waals surface area contributed by atoms with E-state index in [4.69, 9.17) is 5.41 Å². The Morgan fingerprint density at radius 1 is 1.64 bits per heavy atom. The molecule has 1 rings (SSSR count). The van der Waals surface area contributed by atoms with Gasteiger partial charge in [0.1, 0.15) is 10.3 Å². The van der Waals surface area contributed by atoms with Crippen molar-refractivity contribution in [2.75, 3.05) is 12.4 Å². The maximum absolute atomic E-state index is 7.04. The molecule has 0 aromatic carbocycles. The summed E-state index contributed by atoms with van der Waals surface area (Å²) in [6.45, 7) is 0. The topological polar surface area (TPSA) is 48.8 Å². The summed E-state index contributed by atoms with van der Waals surface area (Å²) in [7, 11) is 1.80. The lowest BCUT2D eigenvalue weighted by Gasteiger charge is -2.02. The van der Waals surface area contributed by atoms with Gasteiger partial charge >= 0.3 is 0 Å². The Labute approximate surface area is 73.5 Å². The van der Waals surface area contributed by atoms with Crippen LogP contribution in [0.5, 0.6) is 0 Å². The molecule has 11 heavy (non-hydrogen) atoms. The summed E-state index contributed by atoms with van der Waals surface area (Å²) in [4.78, 5) is 4.07. The first kappa shape index (κ1) is 8.20. The van der Waals surface area contributed by atoms with Crippen molar-refractivity contribution in [3.63, 3.8) is 0 Å². The van der Waals surface area contributed by atoms with E-state index < -0.39 is 0 Å². The summed E-state index contributed by atoms with van der Waals surface area (Å²) in [5.74, 6) is 0. The smallest absolute Gasteiger partial charge is 0.107 e. The first-order valence-electron chi connectivity index (χ1n) is 3.12. The van der Waals surface area contributed by atoms with Crippen LogP contribution >= 0.6 is 15.9 Å². The van der Waals surface area contributed by atoms with Crippen LogP contribution in [0.15, 0.2) is 16.7 Å². The Morgan fingerprint density at radius 3 is 2.91 bits per heavy atom. The van der Waals surface area contributed by atoms with Gasteiger partial charge in [-0.1, -0.05) is 0 Å². The van der Waals surface area contributed by atoms with Gasteiger partial charge in [-0.25, -0.2) is 4.98 Å². The number of nitrogens with one attached hydrogen (secondary N) is 2. The molecule has 1 aromatic rings. The zero-order valence-electron chi connectivity index (χ0n) is 6.06. The third kappa shape index (κ3) is 1.77. The Hall–Kier alpha value is -0.900. The van der Waals surface area contributed by atoms with Crippen molar-refractivity contribution in [3.05, 3.63) is 22.4 Å². The summed E-state index contributed by atoms with van der Waals surface area (Å²) in [5, 5.41) is 9.98. The number of aromatic nitrogens is 1. The molecule has 58 valence electrons. The highest BCUT2D eigenvalue weighted by Gasteiger charge is 1.98.